The van der Waals surface area contributed by atoms with Gasteiger partial charge < -0.3 is 21.1 Å². The molecule has 1 heterocycles. The number of amides is 2. The van der Waals surface area contributed by atoms with E-state index in [1.807, 2.05) is 20.8 Å². The van der Waals surface area contributed by atoms with Crippen molar-refractivity contribution in [3.8, 4) is 0 Å². The maximum absolute atomic E-state index is 12.1. The Kier molecular flexibility index (Phi) is 5.50. The van der Waals surface area contributed by atoms with Gasteiger partial charge in [-0.15, -0.1) is 0 Å². The summed E-state index contributed by atoms with van der Waals surface area (Å²) in [6, 6.07) is -1.04. The number of carbonyl (C=O) groups is 3. The van der Waals surface area contributed by atoms with Crippen molar-refractivity contribution < 1.29 is 19.5 Å². The van der Waals surface area contributed by atoms with Gasteiger partial charge in [0, 0.05) is 0 Å². The summed E-state index contributed by atoms with van der Waals surface area (Å²) in [7, 11) is 0. The molecule has 0 spiro atoms. The summed E-state index contributed by atoms with van der Waals surface area (Å²) < 4.78 is 0. The quantitative estimate of drug-likeness (QED) is 0.543. The molecule has 20 heavy (non-hydrogen) atoms. The van der Waals surface area contributed by atoms with Crippen LogP contribution >= 0.6 is 0 Å². The Morgan fingerprint density at radius 1 is 1.35 bits per heavy atom. The minimum Gasteiger partial charge on any atom is -0.480 e. The first kappa shape index (κ1) is 16.4. The van der Waals surface area contributed by atoms with E-state index in [4.69, 9.17) is 5.11 Å². The molecule has 7 heteroatoms. The van der Waals surface area contributed by atoms with Gasteiger partial charge in [0.25, 0.3) is 0 Å². The Bertz CT molecular complexity index is 384. The lowest BCUT2D eigenvalue weighted by molar-refractivity contribution is -0.139. The largest absolute Gasteiger partial charge is 0.480 e. The second-order valence-electron chi connectivity index (χ2n) is 6.07. The zero-order chi connectivity index (χ0) is 15.3. The zero-order valence-electron chi connectivity index (χ0n) is 12.2. The fraction of sp³-hybridized carbons (Fsp3) is 0.769. The predicted octanol–water partition coefficient (Wildman–Crippen LogP) is -0.530. The Morgan fingerprint density at radius 3 is 2.45 bits per heavy atom. The van der Waals surface area contributed by atoms with Gasteiger partial charge in [-0.25, -0.2) is 0 Å². The van der Waals surface area contributed by atoms with Gasteiger partial charge in [0.05, 0.1) is 6.04 Å². The Morgan fingerprint density at radius 2 is 2.00 bits per heavy atom. The van der Waals surface area contributed by atoms with Gasteiger partial charge in [0.15, 0.2) is 0 Å². The van der Waals surface area contributed by atoms with Gasteiger partial charge in [0.1, 0.15) is 12.6 Å². The van der Waals surface area contributed by atoms with E-state index in [0.29, 0.717) is 0 Å². The molecule has 1 aliphatic heterocycles. The molecule has 0 radical (unpaired) electrons. The highest BCUT2D eigenvalue weighted by molar-refractivity contribution is 5.91. The van der Waals surface area contributed by atoms with Crippen LogP contribution in [0.5, 0.6) is 0 Å². The minimum absolute atomic E-state index is 0.215. The van der Waals surface area contributed by atoms with Crippen LogP contribution in [0.4, 0.5) is 0 Å². The van der Waals surface area contributed by atoms with Gasteiger partial charge in [-0.2, -0.15) is 0 Å². The SMILES string of the molecule is CC(C)(C)[C@H](NC(=O)[C@@H]1CCCN1)C(=O)NCC(=O)O. The summed E-state index contributed by atoms with van der Waals surface area (Å²) in [5, 5.41) is 16.7. The molecule has 0 saturated carbocycles. The van der Waals surface area contributed by atoms with Gasteiger partial charge in [-0.05, 0) is 24.8 Å². The molecule has 2 atom stereocenters. The Balaban J connectivity index is 2.66. The highest BCUT2D eigenvalue weighted by atomic mass is 16.4. The van der Waals surface area contributed by atoms with Crippen molar-refractivity contribution in [2.45, 2.75) is 45.7 Å². The molecule has 0 unspecified atom stereocenters. The third kappa shape index (κ3) is 4.80. The number of rotatable bonds is 5. The Labute approximate surface area is 118 Å². The fourth-order valence-electron chi connectivity index (χ4n) is 2.09. The minimum atomic E-state index is -1.12. The monoisotopic (exact) mass is 285 g/mol. The molecule has 0 bridgehead atoms. The number of aliphatic carboxylic acids is 1. The van der Waals surface area contributed by atoms with Crippen LogP contribution in [-0.2, 0) is 14.4 Å². The van der Waals surface area contributed by atoms with Crippen molar-refractivity contribution in [2.75, 3.05) is 13.1 Å². The van der Waals surface area contributed by atoms with E-state index in [9.17, 15) is 14.4 Å². The standard InChI is InChI=1S/C13H23N3O4/c1-13(2,3)10(12(20)15-7-9(17)18)16-11(19)8-5-4-6-14-8/h8,10,14H,4-7H2,1-3H3,(H,15,20)(H,16,19)(H,17,18)/t8-,10+/m0/s1. The molecular formula is C13H23N3O4. The Hall–Kier alpha value is -1.63. The number of carboxylic acid groups (broad SMARTS) is 1. The third-order valence-corrected chi connectivity index (χ3v) is 3.21. The predicted molar refractivity (Wildman–Crippen MR) is 73.1 cm³/mol. The van der Waals surface area contributed by atoms with Gasteiger partial charge in [0.2, 0.25) is 11.8 Å². The maximum atomic E-state index is 12.1. The smallest absolute Gasteiger partial charge is 0.322 e. The van der Waals surface area contributed by atoms with Crippen LogP contribution in [0.2, 0.25) is 0 Å². The molecule has 4 N–H and O–H groups in total. The van der Waals surface area contributed by atoms with Crippen LogP contribution in [0, 0.1) is 5.41 Å². The molecule has 0 aromatic rings. The summed E-state index contributed by atoms with van der Waals surface area (Å²) in [5.41, 5.74) is -0.503. The zero-order valence-corrected chi connectivity index (χ0v) is 12.2. The number of carboxylic acids is 1. The van der Waals surface area contributed by atoms with Crippen molar-refractivity contribution in [1.29, 1.82) is 0 Å². The first-order chi connectivity index (χ1) is 9.21. The molecule has 0 aromatic heterocycles. The molecule has 114 valence electrons. The second-order valence-corrected chi connectivity index (χ2v) is 6.07. The van der Waals surface area contributed by atoms with Crippen molar-refractivity contribution in [3.05, 3.63) is 0 Å². The van der Waals surface area contributed by atoms with Crippen molar-refractivity contribution in [1.82, 2.24) is 16.0 Å². The summed E-state index contributed by atoms with van der Waals surface area (Å²) in [4.78, 5) is 34.6. The van der Waals surface area contributed by atoms with Crippen molar-refractivity contribution in [2.24, 2.45) is 5.41 Å². The summed E-state index contributed by atoms with van der Waals surface area (Å²) >= 11 is 0. The van der Waals surface area contributed by atoms with E-state index in [2.05, 4.69) is 16.0 Å². The molecular weight excluding hydrogens is 262 g/mol. The molecule has 1 fully saturated rings. The second kappa shape index (κ2) is 6.69. The van der Waals surface area contributed by atoms with Crippen LogP contribution in [0.3, 0.4) is 0 Å². The summed E-state index contributed by atoms with van der Waals surface area (Å²) in [6.07, 6.45) is 1.68. The maximum Gasteiger partial charge on any atom is 0.322 e. The van der Waals surface area contributed by atoms with E-state index >= 15 is 0 Å². The first-order valence-corrected chi connectivity index (χ1v) is 6.75. The molecule has 2 amide bonds. The van der Waals surface area contributed by atoms with E-state index in [1.165, 1.54) is 0 Å². The first-order valence-electron chi connectivity index (χ1n) is 6.75. The average molecular weight is 285 g/mol. The molecule has 0 aliphatic carbocycles. The number of carbonyl (C=O) groups excluding carboxylic acids is 2. The van der Waals surface area contributed by atoms with Gasteiger partial charge in [-0.3, -0.25) is 14.4 Å². The van der Waals surface area contributed by atoms with E-state index < -0.39 is 29.9 Å². The highest BCUT2D eigenvalue weighted by Crippen LogP contribution is 2.20. The van der Waals surface area contributed by atoms with E-state index in [1.54, 1.807) is 0 Å². The molecule has 0 aromatic carbocycles. The van der Waals surface area contributed by atoms with Crippen LogP contribution < -0.4 is 16.0 Å². The topological polar surface area (TPSA) is 108 Å². The van der Waals surface area contributed by atoms with Crippen molar-refractivity contribution in [3.63, 3.8) is 0 Å². The van der Waals surface area contributed by atoms with Gasteiger partial charge >= 0.3 is 5.97 Å². The lowest BCUT2D eigenvalue weighted by atomic mass is 9.86. The van der Waals surface area contributed by atoms with Crippen LogP contribution in [0.25, 0.3) is 0 Å². The van der Waals surface area contributed by atoms with Crippen LogP contribution in [-0.4, -0.2) is 48.1 Å². The average Bonchev–Trinajstić information content (AvgIpc) is 2.84. The summed E-state index contributed by atoms with van der Waals surface area (Å²) in [5.74, 6) is -1.81. The molecule has 1 aliphatic rings. The molecule has 1 rings (SSSR count). The fourth-order valence-corrected chi connectivity index (χ4v) is 2.09. The lowest BCUT2D eigenvalue weighted by Gasteiger charge is -2.31. The normalized spacial score (nSPS) is 20.2. The summed E-state index contributed by atoms with van der Waals surface area (Å²) in [6.45, 7) is 5.80. The number of nitrogens with one attached hydrogen (secondary N) is 3. The van der Waals surface area contributed by atoms with Crippen LogP contribution in [0.1, 0.15) is 33.6 Å². The number of hydrogen-bond acceptors (Lipinski definition) is 4. The lowest BCUT2D eigenvalue weighted by Crippen LogP contribution is -2.57. The number of hydrogen-bond donors (Lipinski definition) is 4. The highest BCUT2D eigenvalue weighted by Gasteiger charge is 2.35. The van der Waals surface area contributed by atoms with Crippen LogP contribution in [0.15, 0.2) is 0 Å². The van der Waals surface area contributed by atoms with Crippen molar-refractivity contribution >= 4 is 17.8 Å². The molecule has 1 saturated heterocycles. The van der Waals surface area contributed by atoms with E-state index in [-0.39, 0.29) is 11.9 Å². The molecule has 7 nitrogen and oxygen atoms in total. The third-order valence-electron chi connectivity index (χ3n) is 3.21. The van der Waals surface area contributed by atoms with Gasteiger partial charge in [-0.1, -0.05) is 20.8 Å². The van der Waals surface area contributed by atoms with E-state index in [0.717, 1.165) is 19.4 Å².